The molecule has 0 atom stereocenters. The zero-order valence-electron chi connectivity index (χ0n) is 19.4. The quantitative estimate of drug-likeness (QED) is 0.300. The van der Waals surface area contributed by atoms with Gasteiger partial charge in [0.15, 0.2) is 0 Å². The molecule has 0 saturated heterocycles. The molecule has 0 aliphatic rings. The molecule has 0 spiro atoms. The van der Waals surface area contributed by atoms with Crippen LogP contribution in [0.4, 0.5) is 0 Å². The summed E-state index contributed by atoms with van der Waals surface area (Å²) >= 11 is 1.67. The minimum atomic E-state index is 0.617. The van der Waals surface area contributed by atoms with Crippen molar-refractivity contribution < 1.29 is 4.74 Å². The van der Waals surface area contributed by atoms with Crippen molar-refractivity contribution in [1.29, 1.82) is 0 Å². The minimum Gasteiger partial charge on any atom is -0.491 e. The van der Waals surface area contributed by atoms with Crippen LogP contribution in [0.3, 0.4) is 0 Å². The zero-order valence-corrected chi connectivity index (χ0v) is 20.3. The maximum atomic E-state index is 5.89. The van der Waals surface area contributed by atoms with Crippen LogP contribution in [0.2, 0.25) is 0 Å². The molecule has 174 valence electrons. The number of H-pyrrole nitrogens is 2. The van der Waals surface area contributed by atoms with Crippen LogP contribution in [0.25, 0.3) is 55.6 Å². The number of aromatic amines is 2. The average Bonchev–Trinajstić information content (AvgIpc) is 3.62. The maximum Gasteiger partial charge on any atom is 0.138 e. The van der Waals surface area contributed by atoms with E-state index >= 15 is 0 Å². The van der Waals surface area contributed by atoms with Gasteiger partial charge in [-0.15, -0.1) is 0 Å². The molecule has 0 amide bonds. The number of nitrogens with zero attached hydrogens (tertiary/aromatic N) is 4. The lowest BCUT2D eigenvalue weighted by Crippen LogP contribution is -2.19. The molecule has 2 N–H and O–H groups in total. The summed E-state index contributed by atoms with van der Waals surface area (Å²) < 4.78 is 5.89. The van der Waals surface area contributed by atoms with E-state index in [1.165, 1.54) is 0 Å². The number of likely N-dealkylation sites (N-methyl/N-ethyl adjacent to an activating group) is 1. The lowest BCUT2D eigenvalue weighted by Gasteiger charge is -2.11. The monoisotopic (exact) mass is 480 g/mol. The van der Waals surface area contributed by atoms with Crippen LogP contribution >= 0.6 is 11.3 Å². The number of ether oxygens (including phenoxy) is 1. The van der Waals surface area contributed by atoms with Crippen LogP contribution in [0, 0.1) is 0 Å². The highest BCUT2D eigenvalue weighted by Gasteiger charge is 2.15. The molecule has 1 aromatic carbocycles. The van der Waals surface area contributed by atoms with Gasteiger partial charge in [-0.05, 0) is 61.4 Å². The molecular formula is C27H24N6OS. The highest BCUT2D eigenvalue weighted by Crippen LogP contribution is 2.35. The van der Waals surface area contributed by atoms with Crippen molar-refractivity contribution in [2.24, 2.45) is 0 Å². The predicted molar refractivity (Wildman–Crippen MR) is 142 cm³/mol. The van der Waals surface area contributed by atoms with Crippen LogP contribution in [0.1, 0.15) is 0 Å². The lowest BCUT2D eigenvalue weighted by molar-refractivity contribution is 0.261. The van der Waals surface area contributed by atoms with Gasteiger partial charge in [-0.3, -0.25) is 15.1 Å². The maximum absolute atomic E-state index is 5.89. The van der Waals surface area contributed by atoms with E-state index in [1.54, 1.807) is 17.5 Å². The summed E-state index contributed by atoms with van der Waals surface area (Å²) in [4.78, 5) is 14.7. The first-order chi connectivity index (χ1) is 17.2. The van der Waals surface area contributed by atoms with Gasteiger partial charge in [0.1, 0.15) is 18.1 Å². The Morgan fingerprint density at radius 1 is 0.914 bits per heavy atom. The second-order valence-corrected chi connectivity index (χ2v) is 9.49. The van der Waals surface area contributed by atoms with Crippen LogP contribution < -0.4 is 4.74 Å². The smallest absolute Gasteiger partial charge is 0.138 e. The summed E-state index contributed by atoms with van der Waals surface area (Å²) in [5.74, 6) is 0.765. The molecule has 0 aliphatic heterocycles. The van der Waals surface area contributed by atoms with Gasteiger partial charge in [0, 0.05) is 51.7 Å². The van der Waals surface area contributed by atoms with E-state index in [0.717, 1.165) is 67.9 Å². The van der Waals surface area contributed by atoms with Crippen molar-refractivity contribution in [3.8, 4) is 39.5 Å². The van der Waals surface area contributed by atoms with Crippen molar-refractivity contribution in [3.05, 3.63) is 71.8 Å². The van der Waals surface area contributed by atoms with Gasteiger partial charge < -0.3 is 14.6 Å². The Labute approximate surface area is 206 Å². The summed E-state index contributed by atoms with van der Waals surface area (Å²) in [7, 11) is 4.06. The second-order valence-electron chi connectivity index (χ2n) is 8.71. The fourth-order valence-electron chi connectivity index (χ4n) is 4.21. The number of aromatic nitrogens is 5. The first-order valence-electron chi connectivity index (χ1n) is 11.4. The third kappa shape index (κ3) is 4.18. The summed E-state index contributed by atoms with van der Waals surface area (Å²) in [6.45, 7) is 1.47. The van der Waals surface area contributed by atoms with E-state index in [9.17, 15) is 0 Å². The molecule has 5 heterocycles. The van der Waals surface area contributed by atoms with Crippen molar-refractivity contribution in [2.75, 3.05) is 27.2 Å². The summed E-state index contributed by atoms with van der Waals surface area (Å²) in [5, 5.41) is 14.1. The van der Waals surface area contributed by atoms with Crippen molar-refractivity contribution in [1.82, 2.24) is 30.0 Å². The van der Waals surface area contributed by atoms with Gasteiger partial charge in [0.25, 0.3) is 0 Å². The first kappa shape index (κ1) is 21.5. The fourth-order valence-corrected chi connectivity index (χ4v) is 4.85. The zero-order chi connectivity index (χ0) is 23.8. The largest absolute Gasteiger partial charge is 0.491 e. The van der Waals surface area contributed by atoms with E-state index in [-0.39, 0.29) is 0 Å². The van der Waals surface area contributed by atoms with Gasteiger partial charge in [-0.2, -0.15) is 16.4 Å². The highest BCUT2D eigenvalue weighted by molar-refractivity contribution is 7.08. The van der Waals surface area contributed by atoms with Gasteiger partial charge in [0.05, 0.1) is 23.1 Å². The standard InChI is InChI=1S/C27H24N6OS/c1-33(2)8-9-34-20-11-19(14-28-15-20)17-3-4-24-21(12-17)27(32-31-24)25-13-22-23(30-25)5-7-29-26(22)18-6-10-35-16-18/h3-7,10-16,30H,8-9H2,1-2H3,(H,31,32). The summed E-state index contributed by atoms with van der Waals surface area (Å²) in [5.41, 5.74) is 8.00. The van der Waals surface area contributed by atoms with E-state index in [1.807, 2.05) is 38.6 Å². The Kier molecular flexibility index (Phi) is 5.52. The topological polar surface area (TPSA) is 82.7 Å². The molecule has 0 radical (unpaired) electrons. The summed E-state index contributed by atoms with van der Waals surface area (Å²) in [6.07, 6.45) is 5.46. The Morgan fingerprint density at radius 3 is 2.69 bits per heavy atom. The van der Waals surface area contributed by atoms with E-state index in [4.69, 9.17) is 4.74 Å². The van der Waals surface area contributed by atoms with E-state index in [0.29, 0.717) is 6.61 Å². The lowest BCUT2D eigenvalue weighted by atomic mass is 10.0. The number of thiophene rings is 1. The average molecular weight is 481 g/mol. The molecule has 8 heteroatoms. The fraction of sp³-hybridized carbons (Fsp3) is 0.148. The third-order valence-corrected chi connectivity index (χ3v) is 6.70. The number of hydrogen-bond acceptors (Lipinski definition) is 6. The normalized spacial score (nSPS) is 11.6. The van der Waals surface area contributed by atoms with Crippen molar-refractivity contribution in [2.45, 2.75) is 0 Å². The molecule has 0 fully saturated rings. The van der Waals surface area contributed by atoms with E-state index in [2.05, 4.69) is 71.1 Å². The van der Waals surface area contributed by atoms with Crippen LogP contribution in [0.15, 0.2) is 71.8 Å². The van der Waals surface area contributed by atoms with Gasteiger partial charge >= 0.3 is 0 Å². The molecule has 7 nitrogen and oxygen atoms in total. The van der Waals surface area contributed by atoms with E-state index < -0.39 is 0 Å². The van der Waals surface area contributed by atoms with Crippen LogP contribution in [-0.4, -0.2) is 57.3 Å². The van der Waals surface area contributed by atoms with Crippen LogP contribution in [-0.2, 0) is 0 Å². The third-order valence-electron chi connectivity index (χ3n) is 6.01. The Morgan fingerprint density at radius 2 is 1.83 bits per heavy atom. The Hall–Kier alpha value is -4.01. The molecule has 0 aliphatic carbocycles. The molecule has 0 bridgehead atoms. The number of nitrogens with one attached hydrogen (secondary N) is 2. The molecule has 6 aromatic rings. The number of fused-ring (bicyclic) bond motifs is 2. The summed E-state index contributed by atoms with van der Waals surface area (Å²) in [6, 6.07) is 14.6. The molecule has 5 aromatic heterocycles. The molecule has 35 heavy (non-hydrogen) atoms. The van der Waals surface area contributed by atoms with Gasteiger partial charge in [-0.25, -0.2) is 0 Å². The number of hydrogen-bond donors (Lipinski definition) is 2. The highest BCUT2D eigenvalue weighted by atomic mass is 32.1. The number of benzene rings is 1. The first-order valence-corrected chi connectivity index (χ1v) is 12.3. The van der Waals surface area contributed by atoms with Crippen molar-refractivity contribution in [3.63, 3.8) is 0 Å². The van der Waals surface area contributed by atoms with Gasteiger partial charge in [0.2, 0.25) is 0 Å². The molecule has 0 saturated carbocycles. The second kappa shape index (κ2) is 8.98. The van der Waals surface area contributed by atoms with Crippen molar-refractivity contribution >= 4 is 33.1 Å². The molecule has 0 unspecified atom stereocenters. The molecular weight excluding hydrogens is 456 g/mol. The van der Waals surface area contributed by atoms with Gasteiger partial charge in [-0.1, -0.05) is 6.07 Å². The van der Waals surface area contributed by atoms with Crippen LogP contribution in [0.5, 0.6) is 5.75 Å². The Bertz CT molecular complexity index is 1620. The predicted octanol–water partition coefficient (Wildman–Crippen LogP) is 5.84. The Balaban J connectivity index is 1.38. The number of rotatable bonds is 7. The molecule has 6 rings (SSSR count). The number of pyridine rings is 2. The SMILES string of the molecule is CN(C)CCOc1cncc(-c2ccc3[nH]nc(-c4cc5c(-c6ccsc6)nccc5[nH]4)c3c2)c1. The minimum absolute atomic E-state index is 0.617.